The number of oxime groups is 1. The minimum Gasteiger partial charge on any atom is -0.389 e. The molecule has 2 aromatic carbocycles. The Bertz CT molecular complexity index is 1460. The molecule has 0 amide bonds. The van der Waals surface area contributed by atoms with Crippen LogP contribution in [0.2, 0.25) is 0 Å². The maximum Gasteiger partial charge on any atom is 0.162 e. The fourth-order valence-electron chi connectivity index (χ4n) is 3.53. The van der Waals surface area contributed by atoms with Crippen molar-refractivity contribution >= 4 is 27.8 Å². The van der Waals surface area contributed by atoms with Crippen LogP contribution in [-0.2, 0) is 18.0 Å². The van der Waals surface area contributed by atoms with E-state index in [0.29, 0.717) is 23.6 Å². The highest BCUT2D eigenvalue weighted by atomic mass is 79.9. The number of pyridine rings is 1. The van der Waals surface area contributed by atoms with Gasteiger partial charge >= 0.3 is 0 Å². The van der Waals surface area contributed by atoms with Crippen LogP contribution in [0.25, 0.3) is 16.9 Å². The van der Waals surface area contributed by atoms with Gasteiger partial charge in [-0.2, -0.15) is 0 Å². The third-order valence-electron chi connectivity index (χ3n) is 5.25. The fourth-order valence-corrected chi connectivity index (χ4v) is 3.87. The van der Waals surface area contributed by atoms with Gasteiger partial charge in [0.05, 0.1) is 30.3 Å². The first kappa shape index (κ1) is 22.0. The Morgan fingerprint density at radius 2 is 1.82 bits per heavy atom. The monoisotopic (exact) mass is 518 g/mol. The summed E-state index contributed by atoms with van der Waals surface area (Å²) in [7, 11) is 0. The van der Waals surface area contributed by atoms with E-state index < -0.39 is 0 Å². The number of nitrogens with zero attached hydrogens (tertiary/aromatic N) is 6. The zero-order valence-electron chi connectivity index (χ0n) is 18.3. The van der Waals surface area contributed by atoms with Gasteiger partial charge in [-0.05, 0) is 64.8 Å². The smallest absolute Gasteiger partial charge is 0.162 e. The van der Waals surface area contributed by atoms with E-state index in [9.17, 15) is 4.39 Å². The van der Waals surface area contributed by atoms with Gasteiger partial charge < -0.3 is 4.84 Å². The molecule has 3 aromatic heterocycles. The van der Waals surface area contributed by atoms with Gasteiger partial charge in [0.15, 0.2) is 6.61 Å². The summed E-state index contributed by atoms with van der Waals surface area (Å²) in [5.41, 5.74) is 5.94. The quantitative estimate of drug-likeness (QED) is 0.213. The zero-order chi connectivity index (χ0) is 23.5. The van der Waals surface area contributed by atoms with Gasteiger partial charge in [-0.25, -0.2) is 14.1 Å². The van der Waals surface area contributed by atoms with Crippen molar-refractivity contribution in [1.82, 2.24) is 24.4 Å². The summed E-state index contributed by atoms with van der Waals surface area (Å²) >= 11 is 3.49. The van der Waals surface area contributed by atoms with Crippen molar-refractivity contribution in [3.05, 3.63) is 106 Å². The summed E-state index contributed by atoms with van der Waals surface area (Å²) < 4.78 is 18.0. The number of aromatic nitrogens is 5. The average Bonchev–Trinajstić information content (AvgIpc) is 3.43. The van der Waals surface area contributed by atoms with Crippen molar-refractivity contribution in [2.24, 2.45) is 5.16 Å². The van der Waals surface area contributed by atoms with Gasteiger partial charge in [0, 0.05) is 16.2 Å². The van der Waals surface area contributed by atoms with Crippen molar-refractivity contribution in [3.63, 3.8) is 0 Å². The van der Waals surface area contributed by atoms with Crippen molar-refractivity contribution in [2.75, 3.05) is 0 Å². The second-order valence-corrected chi connectivity index (χ2v) is 8.74. The van der Waals surface area contributed by atoms with Crippen LogP contribution < -0.4 is 0 Å². The Balaban J connectivity index is 1.32. The van der Waals surface area contributed by atoms with Gasteiger partial charge in [-0.3, -0.25) is 4.40 Å². The number of hydrogen-bond donors (Lipinski definition) is 0. The highest BCUT2D eigenvalue weighted by Gasteiger charge is 2.13. The van der Waals surface area contributed by atoms with Gasteiger partial charge in [0.25, 0.3) is 0 Å². The molecule has 0 aliphatic carbocycles. The van der Waals surface area contributed by atoms with Crippen LogP contribution in [0.15, 0.2) is 82.7 Å². The molecule has 34 heavy (non-hydrogen) atoms. The third-order valence-corrected chi connectivity index (χ3v) is 5.72. The highest BCUT2D eigenvalue weighted by molar-refractivity contribution is 9.10. The van der Waals surface area contributed by atoms with Crippen LogP contribution in [0.4, 0.5) is 4.39 Å². The predicted molar refractivity (Wildman–Crippen MR) is 131 cm³/mol. The molecule has 0 aliphatic heterocycles. The number of aryl methyl sites for hydroxylation is 1. The lowest BCUT2D eigenvalue weighted by Gasteiger charge is -2.02. The first-order chi connectivity index (χ1) is 16.5. The van der Waals surface area contributed by atoms with Gasteiger partial charge in [0.1, 0.15) is 17.2 Å². The largest absolute Gasteiger partial charge is 0.389 e. The van der Waals surface area contributed by atoms with Crippen LogP contribution >= 0.6 is 15.9 Å². The number of imidazole rings is 1. The zero-order valence-corrected chi connectivity index (χ0v) is 19.9. The Labute approximate surface area is 203 Å². The van der Waals surface area contributed by atoms with E-state index in [1.54, 1.807) is 23.0 Å². The highest BCUT2D eigenvalue weighted by Crippen LogP contribution is 2.25. The minimum absolute atomic E-state index is 0.177. The van der Waals surface area contributed by atoms with E-state index in [4.69, 9.17) is 4.84 Å². The molecule has 0 bridgehead atoms. The van der Waals surface area contributed by atoms with Crippen LogP contribution in [-0.4, -0.2) is 30.6 Å². The lowest BCUT2D eigenvalue weighted by Crippen LogP contribution is -2.00. The molecular weight excluding hydrogens is 499 g/mol. The Kier molecular flexibility index (Phi) is 6.18. The molecule has 5 rings (SSSR count). The van der Waals surface area contributed by atoms with Crippen molar-refractivity contribution < 1.29 is 9.23 Å². The summed E-state index contributed by atoms with van der Waals surface area (Å²) in [5, 5.41) is 12.5. The molecule has 0 aliphatic rings. The SMILES string of the molecule is Cc1ccc(Cn2cc(CO/N=C/c3c(-c4ccc(F)cc4)nc4ccc(Br)cn34)nn2)cc1. The molecule has 170 valence electrons. The van der Waals surface area contributed by atoms with E-state index >= 15 is 0 Å². The topological polar surface area (TPSA) is 69.6 Å². The summed E-state index contributed by atoms with van der Waals surface area (Å²) in [6.07, 6.45) is 5.33. The molecule has 0 saturated carbocycles. The second-order valence-electron chi connectivity index (χ2n) is 7.83. The lowest BCUT2D eigenvalue weighted by molar-refractivity contribution is 0.129. The number of fused-ring (bicyclic) bond motifs is 1. The van der Waals surface area contributed by atoms with Crippen molar-refractivity contribution in [3.8, 4) is 11.3 Å². The Hall–Kier alpha value is -3.85. The summed E-state index contributed by atoms with van der Waals surface area (Å²) in [6, 6.07) is 18.3. The van der Waals surface area contributed by atoms with E-state index in [1.165, 1.54) is 17.7 Å². The molecule has 0 radical (unpaired) electrons. The fraction of sp³-hybridized carbons (Fsp3) is 0.120. The minimum atomic E-state index is -0.302. The summed E-state index contributed by atoms with van der Waals surface area (Å²) in [4.78, 5) is 10.2. The summed E-state index contributed by atoms with van der Waals surface area (Å²) in [5.74, 6) is -0.302. The molecule has 9 heteroatoms. The van der Waals surface area contributed by atoms with Gasteiger partial charge in [-0.15, -0.1) is 5.10 Å². The molecule has 0 atom stereocenters. The molecule has 0 N–H and O–H groups in total. The number of rotatable bonds is 7. The van der Waals surface area contributed by atoms with Crippen LogP contribution in [0.1, 0.15) is 22.5 Å². The van der Waals surface area contributed by atoms with E-state index in [-0.39, 0.29) is 12.4 Å². The van der Waals surface area contributed by atoms with E-state index in [1.807, 2.05) is 28.9 Å². The molecule has 0 saturated heterocycles. The molecular formula is C25H20BrFN6O. The molecule has 7 nitrogen and oxygen atoms in total. The molecule has 0 spiro atoms. The van der Waals surface area contributed by atoms with Gasteiger partial charge in [0.2, 0.25) is 0 Å². The van der Waals surface area contributed by atoms with Crippen LogP contribution in [0.5, 0.6) is 0 Å². The average molecular weight is 519 g/mol. The predicted octanol–water partition coefficient (Wildman–Crippen LogP) is 5.40. The molecule has 3 heterocycles. The standard InChI is InChI=1S/C25H20BrFN6O/c1-17-2-4-18(5-3-17)13-32-15-22(30-31-32)16-34-28-12-23-25(19-6-9-21(27)10-7-19)29-24-11-8-20(26)14-33(23)24/h2-12,14-15H,13,16H2,1H3/b28-12+. The lowest BCUT2D eigenvalue weighted by atomic mass is 10.1. The first-order valence-corrected chi connectivity index (χ1v) is 11.4. The first-order valence-electron chi connectivity index (χ1n) is 10.6. The van der Waals surface area contributed by atoms with E-state index in [0.717, 1.165) is 21.2 Å². The maximum absolute atomic E-state index is 13.4. The van der Waals surface area contributed by atoms with Crippen LogP contribution in [0, 0.1) is 12.7 Å². The normalized spacial score (nSPS) is 11.5. The Morgan fingerprint density at radius 1 is 1.03 bits per heavy atom. The Morgan fingerprint density at radius 3 is 2.62 bits per heavy atom. The number of benzene rings is 2. The molecule has 0 fully saturated rings. The number of halogens is 2. The molecule has 5 aromatic rings. The van der Waals surface area contributed by atoms with Gasteiger partial charge in [-0.1, -0.05) is 40.2 Å². The maximum atomic E-state index is 13.4. The van der Waals surface area contributed by atoms with Crippen molar-refractivity contribution in [2.45, 2.75) is 20.1 Å². The van der Waals surface area contributed by atoms with Crippen LogP contribution in [0.3, 0.4) is 0 Å². The number of hydrogen-bond acceptors (Lipinski definition) is 5. The summed E-state index contributed by atoms with van der Waals surface area (Å²) in [6.45, 7) is 2.87. The molecule has 0 unspecified atom stereocenters. The van der Waals surface area contributed by atoms with E-state index in [2.05, 4.69) is 67.6 Å². The third kappa shape index (κ3) is 4.89. The second kappa shape index (κ2) is 9.56. The van der Waals surface area contributed by atoms with Crippen molar-refractivity contribution in [1.29, 1.82) is 0 Å².